The molecule has 0 heterocycles. The number of ether oxygens (including phenoxy) is 3. The molecule has 0 fully saturated rings. The van der Waals surface area contributed by atoms with E-state index in [9.17, 15) is 4.79 Å². The molecule has 34 heavy (non-hydrogen) atoms. The number of hydrogen-bond donors (Lipinski definition) is 0. The van der Waals surface area contributed by atoms with Gasteiger partial charge in [0, 0.05) is 11.1 Å². The van der Waals surface area contributed by atoms with Crippen LogP contribution in [0.15, 0.2) is 42.5 Å². The lowest BCUT2D eigenvalue weighted by Gasteiger charge is -2.32. The van der Waals surface area contributed by atoms with Gasteiger partial charge in [0.2, 0.25) is 0 Å². The van der Waals surface area contributed by atoms with Crippen molar-refractivity contribution in [3.05, 3.63) is 59.2 Å². The lowest BCUT2D eigenvalue weighted by atomic mass is 9.84. The molecule has 0 aliphatic rings. The molecule has 186 valence electrons. The Bertz CT molecular complexity index is 994. The van der Waals surface area contributed by atoms with Crippen LogP contribution in [0, 0.1) is 0 Å². The van der Waals surface area contributed by atoms with E-state index in [4.69, 9.17) is 14.2 Å². The second-order valence-electron chi connectivity index (χ2n) is 11.6. The molecular weight excluding hydrogens is 424 g/mol. The van der Waals surface area contributed by atoms with Crippen molar-refractivity contribution in [1.29, 1.82) is 0 Å². The average Bonchev–Trinajstić information content (AvgIpc) is 2.69. The van der Waals surface area contributed by atoms with E-state index >= 15 is 0 Å². The summed E-state index contributed by atoms with van der Waals surface area (Å²) in [6.07, 6.45) is 4.39. The zero-order valence-electron chi connectivity index (χ0n) is 22.7. The van der Waals surface area contributed by atoms with Crippen molar-refractivity contribution in [2.75, 3.05) is 6.61 Å². The first-order chi connectivity index (χ1) is 15.6. The maximum atomic E-state index is 12.8. The van der Waals surface area contributed by atoms with Crippen molar-refractivity contribution in [3.63, 3.8) is 0 Å². The number of carbonyl (C=O) groups is 1. The predicted octanol–water partition coefficient (Wildman–Crippen LogP) is 8.02. The Hall–Kier alpha value is -2.75. The van der Waals surface area contributed by atoms with Crippen molar-refractivity contribution in [1.82, 2.24) is 0 Å². The van der Waals surface area contributed by atoms with Crippen LogP contribution in [0.4, 0.5) is 0 Å². The quantitative estimate of drug-likeness (QED) is 0.292. The van der Waals surface area contributed by atoms with Gasteiger partial charge in [0.1, 0.15) is 17.0 Å². The highest BCUT2D eigenvalue weighted by Gasteiger charge is 2.28. The van der Waals surface area contributed by atoms with Gasteiger partial charge in [0.15, 0.2) is 17.3 Å². The van der Waals surface area contributed by atoms with Gasteiger partial charge in [-0.05, 0) is 101 Å². The van der Waals surface area contributed by atoms with E-state index in [1.54, 1.807) is 18.2 Å². The highest BCUT2D eigenvalue weighted by atomic mass is 16.5. The van der Waals surface area contributed by atoms with Gasteiger partial charge in [0.25, 0.3) is 0 Å². The minimum absolute atomic E-state index is 0.0624. The molecule has 4 heteroatoms. The SMILES string of the molecule is CCCOc1ccc(C(=O)C=Cc2cc(OC(C)(C)C)c(OC(C)(C)C)c(C(C)(C)C)c2)cc1. The van der Waals surface area contributed by atoms with E-state index in [2.05, 4.69) is 33.8 Å². The van der Waals surface area contributed by atoms with Crippen molar-refractivity contribution in [3.8, 4) is 17.2 Å². The lowest BCUT2D eigenvalue weighted by Crippen LogP contribution is -2.28. The molecule has 2 aromatic rings. The molecule has 2 rings (SSSR count). The smallest absolute Gasteiger partial charge is 0.185 e. The van der Waals surface area contributed by atoms with E-state index in [0.29, 0.717) is 17.9 Å². The van der Waals surface area contributed by atoms with Crippen molar-refractivity contribution >= 4 is 11.9 Å². The van der Waals surface area contributed by atoms with Gasteiger partial charge in [0.05, 0.1) is 6.61 Å². The molecule has 0 amide bonds. The highest BCUT2D eigenvalue weighted by Crippen LogP contribution is 2.43. The lowest BCUT2D eigenvalue weighted by molar-refractivity contribution is 0.0935. The molecule has 0 aromatic heterocycles. The van der Waals surface area contributed by atoms with E-state index in [1.165, 1.54) is 0 Å². The summed E-state index contributed by atoms with van der Waals surface area (Å²) in [5, 5.41) is 0. The van der Waals surface area contributed by atoms with Gasteiger partial charge in [-0.3, -0.25) is 4.79 Å². The fraction of sp³-hybridized carbons (Fsp3) is 0.500. The number of benzene rings is 2. The fourth-order valence-corrected chi connectivity index (χ4v) is 3.30. The highest BCUT2D eigenvalue weighted by molar-refractivity contribution is 6.06. The van der Waals surface area contributed by atoms with Crippen LogP contribution in [0.25, 0.3) is 6.08 Å². The summed E-state index contributed by atoms with van der Waals surface area (Å²) in [5.41, 5.74) is 1.59. The minimum atomic E-state index is -0.398. The van der Waals surface area contributed by atoms with Crippen molar-refractivity contribution in [2.24, 2.45) is 0 Å². The number of rotatable bonds is 8. The zero-order valence-corrected chi connectivity index (χ0v) is 22.7. The standard InChI is InChI=1S/C30H42O4/c1-11-18-32-23-15-13-22(14-16-23)25(31)17-12-21-19-24(28(2,3)4)27(34-30(8,9)10)26(20-21)33-29(5,6)7/h12-17,19-20H,11,18H2,1-10H3. The Kier molecular flexibility index (Phi) is 8.63. The Balaban J connectivity index is 2.45. The molecule has 0 saturated carbocycles. The van der Waals surface area contributed by atoms with Crippen molar-refractivity contribution < 1.29 is 19.0 Å². The average molecular weight is 467 g/mol. The van der Waals surface area contributed by atoms with Crippen LogP contribution in [0.3, 0.4) is 0 Å². The monoisotopic (exact) mass is 466 g/mol. The molecule has 0 bridgehead atoms. The van der Waals surface area contributed by atoms with Gasteiger partial charge in [-0.1, -0.05) is 33.8 Å². The molecule has 0 aliphatic heterocycles. The van der Waals surface area contributed by atoms with Gasteiger partial charge < -0.3 is 14.2 Å². The molecule has 0 radical (unpaired) electrons. The summed E-state index contributed by atoms with van der Waals surface area (Å²) in [7, 11) is 0. The van der Waals surface area contributed by atoms with Crippen LogP contribution in [0.2, 0.25) is 0 Å². The fourth-order valence-electron chi connectivity index (χ4n) is 3.30. The maximum Gasteiger partial charge on any atom is 0.185 e. The molecule has 0 spiro atoms. The summed E-state index contributed by atoms with van der Waals surface area (Å²) in [6.45, 7) is 21.3. The molecular formula is C30H42O4. The normalized spacial score (nSPS) is 12.6. The van der Waals surface area contributed by atoms with E-state index in [-0.39, 0.29) is 16.8 Å². The molecule has 4 nitrogen and oxygen atoms in total. The van der Waals surface area contributed by atoms with Gasteiger partial charge >= 0.3 is 0 Å². The number of allylic oxidation sites excluding steroid dienone is 1. The van der Waals surface area contributed by atoms with Crippen LogP contribution < -0.4 is 14.2 Å². The summed E-state index contributed by atoms with van der Waals surface area (Å²) in [6, 6.07) is 11.3. The van der Waals surface area contributed by atoms with Gasteiger partial charge in [-0.25, -0.2) is 0 Å². The van der Waals surface area contributed by atoms with E-state index in [0.717, 1.165) is 29.0 Å². The summed E-state index contributed by atoms with van der Waals surface area (Å²) in [5.74, 6) is 2.14. The second kappa shape index (κ2) is 10.7. The molecule has 0 saturated heterocycles. The Morgan fingerprint density at radius 2 is 1.44 bits per heavy atom. The number of carbonyl (C=O) groups excluding carboxylic acids is 1. The van der Waals surface area contributed by atoms with Gasteiger partial charge in [-0.15, -0.1) is 0 Å². The van der Waals surface area contributed by atoms with Crippen molar-refractivity contribution in [2.45, 2.75) is 92.3 Å². The third kappa shape index (κ3) is 8.55. The van der Waals surface area contributed by atoms with Gasteiger partial charge in [-0.2, -0.15) is 0 Å². The third-order valence-electron chi connectivity index (χ3n) is 4.75. The maximum absolute atomic E-state index is 12.8. The first kappa shape index (κ1) is 27.5. The van der Waals surface area contributed by atoms with E-state index in [1.807, 2.05) is 65.8 Å². The van der Waals surface area contributed by atoms with Crippen LogP contribution in [0.1, 0.15) is 97.1 Å². The van der Waals surface area contributed by atoms with Crippen LogP contribution in [-0.2, 0) is 5.41 Å². The van der Waals surface area contributed by atoms with E-state index < -0.39 is 5.60 Å². The molecule has 0 N–H and O–H groups in total. The Labute approximate surface area is 206 Å². The first-order valence-corrected chi connectivity index (χ1v) is 12.1. The Morgan fingerprint density at radius 3 is 1.94 bits per heavy atom. The number of hydrogen-bond acceptors (Lipinski definition) is 4. The Morgan fingerprint density at radius 1 is 0.853 bits per heavy atom. The largest absolute Gasteiger partial charge is 0.494 e. The summed E-state index contributed by atoms with van der Waals surface area (Å²) in [4.78, 5) is 12.8. The first-order valence-electron chi connectivity index (χ1n) is 12.1. The zero-order chi connectivity index (χ0) is 25.7. The second-order valence-corrected chi connectivity index (χ2v) is 11.6. The number of ketones is 1. The predicted molar refractivity (Wildman–Crippen MR) is 141 cm³/mol. The third-order valence-corrected chi connectivity index (χ3v) is 4.75. The topological polar surface area (TPSA) is 44.8 Å². The van der Waals surface area contributed by atoms with Crippen LogP contribution >= 0.6 is 0 Å². The molecule has 0 aliphatic carbocycles. The molecule has 2 aromatic carbocycles. The summed E-state index contributed by atoms with van der Waals surface area (Å²) < 4.78 is 18.3. The summed E-state index contributed by atoms with van der Waals surface area (Å²) >= 11 is 0. The molecule has 0 atom stereocenters. The molecule has 0 unspecified atom stereocenters. The van der Waals surface area contributed by atoms with Crippen LogP contribution in [0.5, 0.6) is 17.2 Å². The van der Waals surface area contributed by atoms with Crippen LogP contribution in [-0.4, -0.2) is 23.6 Å². The minimum Gasteiger partial charge on any atom is -0.494 e.